The molecule has 2 rings (SSSR count). The standard InChI is InChI=1S/C14H23N5/c1-3-13-10-14(18(2)17-13)11-15-6-4-5-8-19-9-7-16-12-19/h7,9-10,12,15H,3-6,8,11H2,1-2H3. The number of imidazole rings is 1. The maximum atomic E-state index is 4.44. The van der Waals surface area contributed by atoms with Crippen molar-refractivity contribution in [1.29, 1.82) is 0 Å². The third-order valence-electron chi connectivity index (χ3n) is 3.27. The van der Waals surface area contributed by atoms with Gasteiger partial charge in [0.2, 0.25) is 0 Å². The van der Waals surface area contributed by atoms with Gasteiger partial charge in [0.25, 0.3) is 0 Å². The van der Waals surface area contributed by atoms with Gasteiger partial charge in [0.05, 0.1) is 17.7 Å². The molecule has 0 fully saturated rings. The SMILES string of the molecule is CCc1cc(CNCCCCn2ccnc2)n(C)n1. The van der Waals surface area contributed by atoms with E-state index in [1.165, 1.54) is 24.2 Å². The van der Waals surface area contributed by atoms with Crippen LogP contribution in [-0.4, -0.2) is 25.9 Å². The Labute approximate surface area is 114 Å². The van der Waals surface area contributed by atoms with Crippen LogP contribution in [-0.2, 0) is 26.6 Å². The highest BCUT2D eigenvalue weighted by atomic mass is 15.3. The number of aryl methyl sites for hydroxylation is 3. The number of nitrogens with zero attached hydrogens (tertiary/aromatic N) is 4. The second kappa shape index (κ2) is 7.09. The van der Waals surface area contributed by atoms with Gasteiger partial charge in [0.15, 0.2) is 0 Å². The first-order valence-electron chi connectivity index (χ1n) is 6.98. The summed E-state index contributed by atoms with van der Waals surface area (Å²) in [5.41, 5.74) is 2.42. The molecular weight excluding hydrogens is 238 g/mol. The molecule has 2 heterocycles. The summed E-state index contributed by atoms with van der Waals surface area (Å²) in [4.78, 5) is 4.03. The summed E-state index contributed by atoms with van der Waals surface area (Å²) in [6.45, 7) is 5.12. The van der Waals surface area contributed by atoms with Gasteiger partial charge < -0.3 is 9.88 Å². The van der Waals surface area contributed by atoms with Crippen molar-refractivity contribution < 1.29 is 0 Å². The molecule has 0 spiro atoms. The lowest BCUT2D eigenvalue weighted by atomic mass is 10.3. The molecule has 5 nitrogen and oxygen atoms in total. The van der Waals surface area contributed by atoms with Gasteiger partial charge in [-0.3, -0.25) is 4.68 Å². The van der Waals surface area contributed by atoms with Crippen molar-refractivity contribution in [1.82, 2.24) is 24.6 Å². The molecule has 0 unspecified atom stereocenters. The second-order valence-electron chi connectivity index (χ2n) is 4.79. The lowest BCUT2D eigenvalue weighted by molar-refractivity contribution is 0.555. The smallest absolute Gasteiger partial charge is 0.0945 e. The Hall–Kier alpha value is -1.62. The Morgan fingerprint density at radius 3 is 2.89 bits per heavy atom. The molecule has 2 aromatic heterocycles. The van der Waals surface area contributed by atoms with E-state index >= 15 is 0 Å². The predicted molar refractivity (Wildman–Crippen MR) is 75.8 cm³/mol. The van der Waals surface area contributed by atoms with Gasteiger partial charge in [0.1, 0.15) is 0 Å². The van der Waals surface area contributed by atoms with Gasteiger partial charge in [0, 0.05) is 32.5 Å². The van der Waals surface area contributed by atoms with Crippen molar-refractivity contribution in [2.45, 2.75) is 39.3 Å². The summed E-state index contributed by atoms with van der Waals surface area (Å²) in [5.74, 6) is 0. The van der Waals surface area contributed by atoms with Crippen LogP contribution in [0.25, 0.3) is 0 Å². The molecule has 0 aromatic carbocycles. The van der Waals surface area contributed by atoms with Crippen molar-refractivity contribution in [3.8, 4) is 0 Å². The van der Waals surface area contributed by atoms with E-state index in [0.717, 1.165) is 26.1 Å². The van der Waals surface area contributed by atoms with E-state index in [0.29, 0.717) is 0 Å². The van der Waals surface area contributed by atoms with Gasteiger partial charge in [-0.15, -0.1) is 0 Å². The van der Waals surface area contributed by atoms with Gasteiger partial charge >= 0.3 is 0 Å². The van der Waals surface area contributed by atoms with Crippen molar-refractivity contribution >= 4 is 0 Å². The molecule has 0 saturated carbocycles. The zero-order valence-corrected chi connectivity index (χ0v) is 11.8. The van der Waals surface area contributed by atoms with Crippen LogP contribution in [0.2, 0.25) is 0 Å². The Morgan fingerprint density at radius 2 is 2.21 bits per heavy atom. The molecule has 0 aliphatic rings. The topological polar surface area (TPSA) is 47.7 Å². The molecule has 2 aromatic rings. The van der Waals surface area contributed by atoms with E-state index in [9.17, 15) is 0 Å². The molecule has 0 amide bonds. The molecule has 19 heavy (non-hydrogen) atoms. The normalized spacial score (nSPS) is 11.1. The first-order valence-corrected chi connectivity index (χ1v) is 6.98. The first-order chi connectivity index (χ1) is 9.29. The fourth-order valence-corrected chi connectivity index (χ4v) is 2.09. The minimum atomic E-state index is 0.897. The highest BCUT2D eigenvalue weighted by molar-refractivity contribution is 5.09. The predicted octanol–water partition coefficient (Wildman–Crippen LogP) is 1.75. The summed E-state index contributed by atoms with van der Waals surface area (Å²) in [7, 11) is 2.01. The third-order valence-corrected chi connectivity index (χ3v) is 3.27. The van der Waals surface area contributed by atoms with E-state index in [4.69, 9.17) is 0 Å². The minimum Gasteiger partial charge on any atom is -0.337 e. The summed E-state index contributed by atoms with van der Waals surface area (Å²) < 4.78 is 4.09. The van der Waals surface area contributed by atoms with Crippen LogP contribution in [0.5, 0.6) is 0 Å². The molecule has 1 N–H and O–H groups in total. The molecule has 5 heteroatoms. The largest absolute Gasteiger partial charge is 0.337 e. The number of hydrogen-bond acceptors (Lipinski definition) is 3. The first kappa shape index (κ1) is 13.8. The van der Waals surface area contributed by atoms with Crippen molar-refractivity contribution in [2.24, 2.45) is 7.05 Å². The van der Waals surface area contributed by atoms with Crippen molar-refractivity contribution in [2.75, 3.05) is 6.54 Å². The average molecular weight is 261 g/mol. The quantitative estimate of drug-likeness (QED) is 0.736. The number of unbranched alkanes of at least 4 members (excludes halogenated alkanes) is 1. The van der Waals surface area contributed by atoms with Gasteiger partial charge in [-0.25, -0.2) is 4.98 Å². The van der Waals surface area contributed by atoms with Crippen LogP contribution in [0.4, 0.5) is 0 Å². The monoisotopic (exact) mass is 261 g/mol. The van der Waals surface area contributed by atoms with Crippen molar-refractivity contribution in [3.05, 3.63) is 36.2 Å². The maximum absolute atomic E-state index is 4.44. The lowest BCUT2D eigenvalue weighted by Crippen LogP contribution is -2.17. The average Bonchev–Trinajstić information content (AvgIpc) is 3.03. The summed E-state index contributed by atoms with van der Waals surface area (Å²) in [6.07, 6.45) is 9.06. The third kappa shape index (κ3) is 4.21. The minimum absolute atomic E-state index is 0.897. The molecular formula is C14H23N5. The number of hydrogen-bond donors (Lipinski definition) is 1. The molecule has 0 bridgehead atoms. The fraction of sp³-hybridized carbons (Fsp3) is 0.571. The van der Waals surface area contributed by atoms with Crippen LogP contribution in [0.1, 0.15) is 31.2 Å². The van der Waals surface area contributed by atoms with Crippen molar-refractivity contribution in [3.63, 3.8) is 0 Å². The summed E-state index contributed by atoms with van der Waals surface area (Å²) in [5, 5.41) is 7.92. The van der Waals surface area contributed by atoms with Gasteiger partial charge in [-0.1, -0.05) is 6.92 Å². The number of aromatic nitrogens is 4. The van der Waals surface area contributed by atoms with Gasteiger partial charge in [-0.05, 0) is 31.9 Å². The maximum Gasteiger partial charge on any atom is 0.0945 e. The van der Waals surface area contributed by atoms with E-state index in [1.54, 1.807) is 0 Å². The van der Waals surface area contributed by atoms with E-state index in [-0.39, 0.29) is 0 Å². The number of nitrogens with one attached hydrogen (secondary N) is 1. The zero-order chi connectivity index (χ0) is 13.5. The molecule has 0 aliphatic heterocycles. The second-order valence-corrected chi connectivity index (χ2v) is 4.79. The summed E-state index contributed by atoms with van der Waals surface area (Å²) >= 11 is 0. The number of rotatable bonds is 8. The molecule has 0 atom stereocenters. The Bertz CT molecular complexity index is 472. The van der Waals surface area contributed by atoms with Crippen LogP contribution < -0.4 is 5.32 Å². The highest BCUT2D eigenvalue weighted by Gasteiger charge is 2.02. The Balaban J connectivity index is 1.60. The van der Waals surface area contributed by atoms with E-state index in [1.807, 2.05) is 30.5 Å². The van der Waals surface area contributed by atoms with Crippen LogP contribution in [0.3, 0.4) is 0 Å². The van der Waals surface area contributed by atoms with Crippen LogP contribution in [0.15, 0.2) is 24.8 Å². The van der Waals surface area contributed by atoms with Gasteiger partial charge in [-0.2, -0.15) is 5.10 Å². The molecule has 104 valence electrons. The molecule has 0 saturated heterocycles. The Morgan fingerprint density at radius 1 is 1.32 bits per heavy atom. The highest BCUT2D eigenvalue weighted by Crippen LogP contribution is 2.03. The van der Waals surface area contributed by atoms with Crippen LogP contribution in [0, 0.1) is 0 Å². The van der Waals surface area contributed by atoms with E-state index < -0.39 is 0 Å². The summed E-state index contributed by atoms with van der Waals surface area (Å²) in [6, 6.07) is 2.18. The van der Waals surface area contributed by atoms with Crippen LogP contribution >= 0.6 is 0 Å². The van der Waals surface area contributed by atoms with E-state index in [2.05, 4.69) is 33.0 Å². The fourth-order valence-electron chi connectivity index (χ4n) is 2.09. The Kier molecular flexibility index (Phi) is 5.15. The molecule has 0 radical (unpaired) electrons. The zero-order valence-electron chi connectivity index (χ0n) is 11.8. The lowest BCUT2D eigenvalue weighted by Gasteiger charge is -2.05. The molecule has 0 aliphatic carbocycles.